The third kappa shape index (κ3) is 5.05. The molecule has 148 valence electrons. The summed E-state index contributed by atoms with van der Waals surface area (Å²) < 4.78 is 14.8. The molecule has 1 fully saturated rings. The molecule has 3 N–H and O–H groups in total. The first-order chi connectivity index (χ1) is 13.4. The van der Waals surface area contributed by atoms with E-state index in [-0.39, 0.29) is 10.9 Å². The number of hydrogen-bond donors (Lipinski definition) is 2. The SMILES string of the molecule is Cc1ccccc1CN1CCN(c2c(C)cc(/C=N/NC(N)=S)cc2F)CC1. The van der Waals surface area contributed by atoms with Gasteiger partial charge in [-0.05, 0) is 60.5 Å². The fourth-order valence-electron chi connectivity index (χ4n) is 3.57. The minimum Gasteiger partial charge on any atom is -0.375 e. The highest BCUT2D eigenvalue weighted by molar-refractivity contribution is 7.80. The highest BCUT2D eigenvalue weighted by atomic mass is 32.1. The van der Waals surface area contributed by atoms with Gasteiger partial charge in [-0.15, -0.1) is 0 Å². The Morgan fingerprint density at radius 3 is 2.54 bits per heavy atom. The van der Waals surface area contributed by atoms with Crippen LogP contribution in [-0.2, 0) is 6.54 Å². The molecule has 0 atom stereocenters. The standard InChI is InChI=1S/C21H26FN5S/c1-15-5-3-4-6-18(15)14-26-7-9-27(10-8-26)20-16(2)11-17(12-19(20)22)13-24-25-21(23)28/h3-6,11-13H,7-10,14H2,1-2H3,(H3,23,25,28)/b24-13+. The molecule has 2 aromatic carbocycles. The summed E-state index contributed by atoms with van der Waals surface area (Å²) in [5.41, 5.74) is 12.7. The van der Waals surface area contributed by atoms with Gasteiger partial charge in [0.05, 0.1) is 11.9 Å². The first-order valence-electron chi connectivity index (χ1n) is 9.34. The molecule has 0 amide bonds. The van der Waals surface area contributed by atoms with Gasteiger partial charge < -0.3 is 10.6 Å². The van der Waals surface area contributed by atoms with Gasteiger partial charge in [-0.2, -0.15) is 5.10 Å². The van der Waals surface area contributed by atoms with E-state index >= 15 is 0 Å². The van der Waals surface area contributed by atoms with Crippen molar-refractivity contribution in [3.63, 3.8) is 0 Å². The first-order valence-corrected chi connectivity index (χ1v) is 9.75. The summed E-state index contributed by atoms with van der Waals surface area (Å²) in [5, 5.41) is 3.97. The van der Waals surface area contributed by atoms with Gasteiger partial charge in [0.15, 0.2) is 5.11 Å². The molecule has 1 aliphatic rings. The van der Waals surface area contributed by atoms with Crippen molar-refractivity contribution in [3.8, 4) is 0 Å². The van der Waals surface area contributed by atoms with E-state index in [2.05, 4.69) is 51.5 Å². The van der Waals surface area contributed by atoms with Crippen LogP contribution >= 0.6 is 12.2 Å². The molecule has 1 saturated heterocycles. The fourth-order valence-corrected chi connectivity index (χ4v) is 3.62. The van der Waals surface area contributed by atoms with Gasteiger partial charge in [-0.3, -0.25) is 10.3 Å². The zero-order valence-electron chi connectivity index (χ0n) is 16.3. The normalized spacial score (nSPS) is 15.2. The predicted molar refractivity (Wildman–Crippen MR) is 117 cm³/mol. The van der Waals surface area contributed by atoms with Crippen molar-refractivity contribution in [1.82, 2.24) is 10.3 Å². The number of nitrogens with zero attached hydrogens (tertiary/aromatic N) is 3. The van der Waals surface area contributed by atoms with Crippen LogP contribution in [0, 0.1) is 19.7 Å². The van der Waals surface area contributed by atoms with Crippen molar-refractivity contribution in [2.45, 2.75) is 20.4 Å². The van der Waals surface area contributed by atoms with Crippen molar-refractivity contribution >= 4 is 29.2 Å². The Morgan fingerprint density at radius 1 is 1.18 bits per heavy atom. The van der Waals surface area contributed by atoms with Crippen LogP contribution in [0.15, 0.2) is 41.5 Å². The number of anilines is 1. The van der Waals surface area contributed by atoms with Gasteiger partial charge in [0.2, 0.25) is 0 Å². The molecule has 0 saturated carbocycles. The molecule has 0 radical (unpaired) electrons. The lowest BCUT2D eigenvalue weighted by atomic mass is 10.1. The van der Waals surface area contributed by atoms with E-state index in [4.69, 9.17) is 18.0 Å². The molecule has 1 aliphatic heterocycles. The number of hydrazone groups is 1. The summed E-state index contributed by atoms with van der Waals surface area (Å²) >= 11 is 4.69. The maximum Gasteiger partial charge on any atom is 0.184 e. The van der Waals surface area contributed by atoms with Crippen LogP contribution in [0.2, 0.25) is 0 Å². The largest absolute Gasteiger partial charge is 0.375 e. The molecule has 0 spiro atoms. The Hall–Kier alpha value is -2.51. The van der Waals surface area contributed by atoms with Crippen LogP contribution in [0.1, 0.15) is 22.3 Å². The van der Waals surface area contributed by atoms with Gasteiger partial charge in [0.25, 0.3) is 0 Å². The second-order valence-corrected chi connectivity index (χ2v) is 7.53. The minimum atomic E-state index is -0.232. The van der Waals surface area contributed by atoms with E-state index < -0.39 is 0 Å². The van der Waals surface area contributed by atoms with Crippen LogP contribution in [0.5, 0.6) is 0 Å². The van der Waals surface area contributed by atoms with Crippen molar-refractivity contribution in [1.29, 1.82) is 0 Å². The molecule has 28 heavy (non-hydrogen) atoms. The molecule has 0 unspecified atom stereocenters. The van der Waals surface area contributed by atoms with Crippen LogP contribution in [0.4, 0.5) is 10.1 Å². The van der Waals surface area contributed by atoms with E-state index in [1.165, 1.54) is 23.4 Å². The van der Waals surface area contributed by atoms with E-state index in [1.54, 1.807) is 0 Å². The fraction of sp³-hybridized carbons (Fsp3) is 0.333. The Kier molecular flexibility index (Phi) is 6.59. The maximum absolute atomic E-state index is 14.8. The van der Waals surface area contributed by atoms with Crippen molar-refractivity contribution in [3.05, 3.63) is 64.5 Å². The van der Waals surface area contributed by atoms with E-state index in [0.717, 1.165) is 38.3 Å². The highest BCUT2D eigenvalue weighted by Crippen LogP contribution is 2.27. The average Bonchev–Trinajstić information content (AvgIpc) is 2.64. The zero-order chi connectivity index (χ0) is 20.1. The molecule has 2 aromatic rings. The Labute approximate surface area is 171 Å². The van der Waals surface area contributed by atoms with Crippen LogP contribution in [0.25, 0.3) is 0 Å². The molecule has 5 nitrogen and oxygen atoms in total. The molecule has 0 aromatic heterocycles. The molecule has 0 aliphatic carbocycles. The van der Waals surface area contributed by atoms with Crippen molar-refractivity contribution in [2.24, 2.45) is 10.8 Å². The lowest BCUT2D eigenvalue weighted by molar-refractivity contribution is 0.248. The first kappa shape index (κ1) is 20.2. The topological polar surface area (TPSA) is 56.9 Å². The Balaban J connectivity index is 1.64. The number of nitrogens with two attached hydrogens (primary N) is 1. The predicted octanol–water partition coefficient (Wildman–Crippen LogP) is 2.93. The minimum absolute atomic E-state index is 0.0774. The van der Waals surface area contributed by atoms with Crippen molar-refractivity contribution in [2.75, 3.05) is 31.1 Å². The average molecular weight is 400 g/mol. The molecular formula is C21H26FN5S. The summed E-state index contributed by atoms with van der Waals surface area (Å²) in [6, 6.07) is 11.9. The maximum atomic E-state index is 14.8. The molecule has 3 rings (SSSR count). The number of nitrogens with one attached hydrogen (secondary N) is 1. The summed E-state index contributed by atoms with van der Waals surface area (Å²) in [4.78, 5) is 4.56. The number of aryl methyl sites for hydroxylation is 2. The molecular weight excluding hydrogens is 373 g/mol. The van der Waals surface area contributed by atoms with Crippen LogP contribution in [0.3, 0.4) is 0 Å². The number of rotatable bonds is 5. The van der Waals surface area contributed by atoms with E-state index in [1.807, 2.05) is 13.0 Å². The molecule has 0 bridgehead atoms. The van der Waals surface area contributed by atoms with Crippen LogP contribution in [-0.4, -0.2) is 42.4 Å². The van der Waals surface area contributed by atoms with Gasteiger partial charge in [0, 0.05) is 32.7 Å². The molecule has 1 heterocycles. The summed E-state index contributed by atoms with van der Waals surface area (Å²) in [6.45, 7) is 8.44. The van der Waals surface area contributed by atoms with Gasteiger partial charge in [-0.25, -0.2) is 4.39 Å². The van der Waals surface area contributed by atoms with Gasteiger partial charge >= 0.3 is 0 Å². The monoisotopic (exact) mass is 399 g/mol. The van der Waals surface area contributed by atoms with Gasteiger partial charge in [0.1, 0.15) is 5.82 Å². The van der Waals surface area contributed by atoms with Crippen LogP contribution < -0.4 is 16.1 Å². The smallest absolute Gasteiger partial charge is 0.184 e. The number of benzene rings is 2. The van der Waals surface area contributed by atoms with Gasteiger partial charge in [-0.1, -0.05) is 24.3 Å². The highest BCUT2D eigenvalue weighted by Gasteiger charge is 2.21. The lowest BCUT2D eigenvalue weighted by Gasteiger charge is -2.37. The Bertz CT molecular complexity index is 852. The quantitative estimate of drug-likeness (QED) is 0.460. The number of thiocarbonyl (C=S) groups is 1. The second kappa shape index (κ2) is 9.12. The Morgan fingerprint density at radius 2 is 1.89 bits per heavy atom. The third-order valence-corrected chi connectivity index (χ3v) is 5.10. The third-order valence-electron chi connectivity index (χ3n) is 5.01. The van der Waals surface area contributed by atoms with Crippen molar-refractivity contribution < 1.29 is 4.39 Å². The number of hydrogen-bond acceptors (Lipinski definition) is 4. The lowest BCUT2D eigenvalue weighted by Crippen LogP contribution is -2.46. The second-order valence-electron chi connectivity index (χ2n) is 7.09. The van der Waals surface area contributed by atoms with E-state index in [0.29, 0.717) is 11.3 Å². The summed E-state index contributed by atoms with van der Waals surface area (Å²) in [5.74, 6) is -0.232. The summed E-state index contributed by atoms with van der Waals surface area (Å²) in [6.07, 6.45) is 1.51. The van der Waals surface area contributed by atoms with E-state index in [9.17, 15) is 4.39 Å². The molecule has 7 heteroatoms. The number of piperazine rings is 1. The zero-order valence-corrected chi connectivity index (χ0v) is 17.1. The summed E-state index contributed by atoms with van der Waals surface area (Å²) in [7, 11) is 0. The number of halogens is 1.